The molecule has 0 saturated carbocycles. The zero-order valence-electron chi connectivity index (χ0n) is 10.6. The van der Waals surface area contributed by atoms with E-state index in [-0.39, 0.29) is 23.5 Å². The molecule has 0 saturated heterocycles. The standard InChI is InChI=1S/C12H14N4O3/c1-12(2,11(14)17)7-15-9-4-3-8(6-13)5-10(9)16(18)19/h3-5,15H,7H2,1-2H3,(H2,14,17). The number of anilines is 1. The highest BCUT2D eigenvalue weighted by Crippen LogP contribution is 2.26. The number of hydrogen-bond acceptors (Lipinski definition) is 5. The first kappa shape index (κ1) is 14.4. The molecule has 1 amide bonds. The fourth-order valence-electron chi connectivity index (χ4n) is 1.31. The second-order valence-electron chi connectivity index (χ2n) is 4.70. The van der Waals surface area contributed by atoms with Crippen molar-refractivity contribution in [3.63, 3.8) is 0 Å². The summed E-state index contributed by atoms with van der Waals surface area (Å²) in [6.45, 7) is 3.44. The molecule has 0 bridgehead atoms. The Labute approximate surface area is 110 Å². The molecular weight excluding hydrogens is 248 g/mol. The number of primary amides is 1. The van der Waals surface area contributed by atoms with Crippen LogP contribution < -0.4 is 11.1 Å². The third-order valence-corrected chi connectivity index (χ3v) is 2.71. The summed E-state index contributed by atoms with van der Waals surface area (Å²) in [7, 11) is 0. The minimum absolute atomic E-state index is 0.162. The van der Waals surface area contributed by atoms with Gasteiger partial charge in [-0.2, -0.15) is 5.26 Å². The van der Waals surface area contributed by atoms with Crippen LogP contribution in [0.2, 0.25) is 0 Å². The zero-order valence-corrected chi connectivity index (χ0v) is 10.6. The van der Waals surface area contributed by atoms with Gasteiger partial charge in [-0.15, -0.1) is 0 Å². The number of nitro benzene ring substituents is 1. The Morgan fingerprint density at radius 2 is 2.21 bits per heavy atom. The smallest absolute Gasteiger partial charge is 0.293 e. The van der Waals surface area contributed by atoms with E-state index in [1.807, 2.05) is 6.07 Å². The Balaban J connectivity index is 2.99. The van der Waals surface area contributed by atoms with Gasteiger partial charge in [0.2, 0.25) is 5.91 Å². The Hall–Kier alpha value is -2.62. The van der Waals surface area contributed by atoms with Crippen LogP contribution >= 0.6 is 0 Å². The highest BCUT2D eigenvalue weighted by molar-refractivity contribution is 5.80. The summed E-state index contributed by atoms with van der Waals surface area (Å²) in [5.41, 5.74) is 4.63. The van der Waals surface area contributed by atoms with Crippen molar-refractivity contribution in [2.75, 3.05) is 11.9 Å². The van der Waals surface area contributed by atoms with E-state index < -0.39 is 16.2 Å². The van der Waals surface area contributed by atoms with Gasteiger partial charge in [0.15, 0.2) is 0 Å². The lowest BCUT2D eigenvalue weighted by Crippen LogP contribution is -2.37. The Kier molecular flexibility index (Phi) is 4.07. The van der Waals surface area contributed by atoms with E-state index in [2.05, 4.69) is 5.32 Å². The van der Waals surface area contributed by atoms with E-state index in [0.29, 0.717) is 0 Å². The molecule has 1 rings (SSSR count). The molecule has 0 aromatic heterocycles. The number of nitrogens with two attached hydrogens (primary N) is 1. The number of nitrogens with zero attached hydrogens (tertiary/aromatic N) is 2. The van der Waals surface area contributed by atoms with E-state index >= 15 is 0 Å². The van der Waals surface area contributed by atoms with Gasteiger partial charge < -0.3 is 11.1 Å². The molecule has 100 valence electrons. The van der Waals surface area contributed by atoms with Crippen LogP contribution in [0, 0.1) is 26.9 Å². The molecule has 0 fully saturated rings. The van der Waals surface area contributed by atoms with Crippen molar-refractivity contribution < 1.29 is 9.72 Å². The fourth-order valence-corrected chi connectivity index (χ4v) is 1.31. The highest BCUT2D eigenvalue weighted by Gasteiger charge is 2.26. The molecule has 19 heavy (non-hydrogen) atoms. The number of rotatable bonds is 5. The quantitative estimate of drug-likeness (QED) is 0.613. The van der Waals surface area contributed by atoms with Crippen molar-refractivity contribution in [1.29, 1.82) is 5.26 Å². The largest absolute Gasteiger partial charge is 0.378 e. The number of benzene rings is 1. The molecule has 0 atom stereocenters. The molecule has 0 aliphatic rings. The minimum atomic E-state index is -0.832. The maximum Gasteiger partial charge on any atom is 0.293 e. The Morgan fingerprint density at radius 3 is 2.68 bits per heavy atom. The predicted octanol–water partition coefficient (Wildman–Crippen LogP) is 1.39. The Bertz CT molecular complexity index is 561. The molecule has 0 heterocycles. The first-order valence-electron chi connectivity index (χ1n) is 5.50. The molecule has 1 aromatic rings. The maximum atomic E-state index is 11.2. The van der Waals surface area contributed by atoms with Gasteiger partial charge in [0, 0.05) is 12.6 Å². The summed E-state index contributed by atoms with van der Waals surface area (Å²) in [5, 5.41) is 22.4. The van der Waals surface area contributed by atoms with Crippen molar-refractivity contribution >= 4 is 17.3 Å². The minimum Gasteiger partial charge on any atom is -0.378 e. The SMILES string of the molecule is CC(C)(CNc1ccc(C#N)cc1[N+](=O)[O-])C(N)=O. The third kappa shape index (κ3) is 3.42. The van der Waals surface area contributed by atoms with Crippen LogP contribution in [0.4, 0.5) is 11.4 Å². The topological polar surface area (TPSA) is 122 Å². The van der Waals surface area contributed by atoms with E-state index in [1.54, 1.807) is 13.8 Å². The third-order valence-electron chi connectivity index (χ3n) is 2.71. The summed E-state index contributed by atoms with van der Waals surface area (Å²) in [4.78, 5) is 21.5. The highest BCUT2D eigenvalue weighted by atomic mass is 16.6. The second-order valence-corrected chi connectivity index (χ2v) is 4.70. The molecule has 0 spiro atoms. The van der Waals surface area contributed by atoms with Crippen molar-refractivity contribution in [3.05, 3.63) is 33.9 Å². The summed E-state index contributed by atoms with van der Waals surface area (Å²) in [5.74, 6) is -0.503. The molecule has 0 radical (unpaired) electrons. The molecule has 0 aliphatic carbocycles. The molecule has 0 unspecified atom stereocenters. The average Bonchev–Trinajstić information content (AvgIpc) is 2.35. The summed E-state index contributed by atoms with van der Waals surface area (Å²) < 4.78 is 0. The van der Waals surface area contributed by atoms with Gasteiger partial charge in [-0.1, -0.05) is 0 Å². The zero-order chi connectivity index (χ0) is 14.6. The van der Waals surface area contributed by atoms with Gasteiger partial charge in [0.25, 0.3) is 5.69 Å². The number of carbonyl (C=O) groups excluding carboxylic acids is 1. The number of nitrogens with one attached hydrogen (secondary N) is 1. The van der Waals surface area contributed by atoms with Crippen LogP contribution in [-0.4, -0.2) is 17.4 Å². The summed E-state index contributed by atoms with van der Waals surface area (Å²) in [6, 6.07) is 5.92. The number of hydrogen-bond donors (Lipinski definition) is 2. The first-order valence-corrected chi connectivity index (χ1v) is 5.50. The van der Waals surface area contributed by atoms with E-state index in [1.165, 1.54) is 18.2 Å². The molecule has 1 aromatic carbocycles. The first-order chi connectivity index (χ1) is 8.77. The molecule has 0 aliphatic heterocycles. The van der Waals surface area contributed by atoms with E-state index in [4.69, 9.17) is 11.0 Å². The van der Waals surface area contributed by atoms with Crippen molar-refractivity contribution in [1.82, 2.24) is 0 Å². The lowest BCUT2D eigenvalue weighted by molar-refractivity contribution is -0.384. The van der Waals surface area contributed by atoms with Crippen molar-refractivity contribution in [2.24, 2.45) is 11.1 Å². The van der Waals surface area contributed by atoms with Crippen molar-refractivity contribution in [3.8, 4) is 6.07 Å². The van der Waals surface area contributed by atoms with Gasteiger partial charge in [-0.05, 0) is 26.0 Å². The van der Waals surface area contributed by atoms with Crippen molar-refractivity contribution in [2.45, 2.75) is 13.8 Å². The normalized spacial score (nSPS) is 10.6. The number of amides is 1. The number of nitro groups is 1. The number of carbonyl (C=O) groups is 1. The maximum absolute atomic E-state index is 11.2. The number of nitriles is 1. The molecule has 3 N–H and O–H groups in total. The average molecular weight is 262 g/mol. The van der Waals surface area contributed by atoms with Gasteiger partial charge in [0.05, 0.1) is 22.0 Å². The monoisotopic (exact) mass is 262 g/mol. The van der Waals surface area contributed by atoms with Gasteiger partial charge >= 0.3 is 0 Å². The van der Waals surface area contributed by atoms with E-state index in [9.17, 15) is 14.9 Å². The van der Waals surface area contributed by atoms with E-state index in [0.717, 1.165) is 0 Å². The van der Waals surface area contributed by atoms with Gasteiger partial charge in [0.1, 0.15) is 5.69 Å². The fraction of sp³-hybridized carbons (Fsp3) is 0.333. The van der Waals surface area contributed by atoms with Gasteiger partial charge in [-0.25, -0.2) is 0 Å². The predicted molar refractivity (Wildman–Crippen MR) is 69.3 cm³/mol. The second kappa shape index (κ2) is 5.35. The van der Waals surface area contributed by atoms with Crippen LogP contribution in [0.15, 0.2) is 18.2 Å². The van der Waals surface area contributed by atoms with Crippen LogP contribution in [-0.2, 0) is 4.79 Å². The Morgan fingerprint density at radius 1 is 1.58 bits per heavy atom. The molecule has 7 heteroatoms. The van der Waals surface area contributed by atoms with Crippen LogP contribution in [0.1, 0.15) is 19.4 Å². The molecule has 7 nitrogen and oxygen atoms in total. The lowest BCUT2D eigenvalue weighted by atomic mass is 9.92. The summed E-state index contributed by atoms with van der Waals surface area (Å²) in [6.07, 6.45) is 0. The van der Waals surface area contributed by atoms with Crippen LogP contribution in [0.25, 0.3) is 0 Å². The van der Waals surface area contributed by atoms with Crippen LogP contribution in [0.3, 0.4) is 0 Å². The lowest BCUT2D eigenvalue weighted by Gasteiger charge is -2.21. The van der Waals surface area contributed by atoms with Crippen LogP contribution in [0.5, 0.6) is 0 Å². The summed E-state index contributed by atoms with van der Waals surface area (Å²) >= 11 is 0. The molecular formula is C12H14N4O3. The van der Waals surface area contributed by atoms with Gasteiger partial charge in [-0.3, -0.25) is 14.9 Å².